The molecule has 1 aromatic rings. The number of methoxy groups -OCH3 is 1. The van der Waals surface area contributed by atoms with Crippen molar-refractivity contribution in [2.45, 2.75) is 13.1 Å². The summed E-state index contributed by atoms with van der Waals surface area (Å²) in [5.74, 6) is 0. The minimum Gasteiger partial charge on any atom is -0.359 e. The van der Waals surface area contributed by atoms with E-state index >= 15 is 0 Å². The molecule has 0 bridgehead atoms. The predicted molar refractivity (Wildman–Crippen MR) is 69.1 cm³/mol. The summed E-state index contributed by atoms with van der Waals surface area (Å²) in [6.07, 6.45) is 0.794. The van der Waals surface area contributed by atoms with Crippen LogP contribution in [0.5, 0.6) is 0 Å². The molecule has 0 heterocycles. The Bertz CT molecular complexity index is 298. The van der Waals surface area contributed by atoms with E-state index in [1.54, 1.807) is 7.11 Å². The van der Waals surface area contributed by atoms with Crippen LogP contribution in [0.25, 0.3) is 0 Å². The van der Waals surface area contributed by atoms with E-state index in [-0.39, 0.29) is 0 Å². The van der Waals surface area contributed by atoms with Crippen LogP contribution in [-0.4, -0.2) is 28.2 Å². The van der Waals surface area contributed by atoms with Gasteiger partial charge in [0.15, 0.2) is 0 Å². The highest BCUT2D eigenvalue weighted by Gasteiger charge is 2.23. The van der Waals surface area contributed by atoms with Crippen LogP contribution in [0.1, 0.15) is 0 Å². The van der Waals surface area contributed by atoms with E-state index in [1.807, 2.05) is 0 Å². The molecule has 2 nitrogen and oxygen atoms in total. The van der Waals surface area contributed by atoms with Crippen molar-refractivity contribution in [2.75, 3.05) is 20.1 Å². The molecule has 84 valence electrons. The van der Waals surface area contributed by atoms with Crippen molar-refractivity contribution >= 4 is 29.2 Å². The third kappa shape index (κ3) is 4.07. The second-order valence-electron chi connectivity index (χ2n) is 4.15. The van der Waals surface area contributed by atoms with Gasteiger partial charge < -0.3 is 9.47 Å². The summed E-state index contributed by atoms with van der Waals surface area (Å²) in [7, 11) is 0.184. The van der Waals surface area contributed by atoms with E-state index in [0.717, 1.165) is 10.7 Å². The Balaban J connectivity index is 2.63. The largest absolute Gasteiger partial charge is 0.359 e. The molecular formula is C11H17BrO2Si. The number of rotatable bonds is 5. The van der Waals surface area contributed by atoms with Gasteiger partial charge in [-0.15, -0.1) is 0 Å². The minimum atomic E-state index is -1.46. The highest BCUT2D eigenvalue weighted by atomic mass is 79.9. The summed E-state index contributed by atoms with van der Waals surface area (Å²) < 4.78 is 11.5. The Morgan fingerprint density at radius 2 is 1.80 bits per heavy atom. The summed E-state index contributed by atoms with van der Waals surface area (Å²) in [5.41, 5.74) is 0. The van der Waals surface area contributed by atoms with Gasteiger partial charge in [-0.05, 0) is 12.1 Å². The van der Waals surface area contributed by atoms with E-state index in [1.165, 1.54) is 5.19 Å². The van der Waals surface area contributed by atoms with Gasteiger partial charge in [0, 0.05) is 17.8 Å². The van der Waals surface area contributed by atoms with Crippen LogP contribution in [0.2, 0.25) is 13.1 Å². The lowest BCUT2D eigenvalue weighted by atomic mass is 10.4. The Morgan fingerprint density at radius 3 is 2.33 bits per heavy atom. The van der Waals surface area contributed by atoms with Gasteiger partial charge in [0.05, 0.1) is 0 Å². The molecule has 0 aliphatic rings. The lowest BCUT2D eigenvalue weighted by molar-refractivity contribution is -0.0136. The number of hydrogen-bond donors (Lipinski definition) is 0. The summed E-state index contributed by atoms with van der Waals surface area (Å²) >= 11 is 3.44. The fraction of sp³-hybridized carbons (Fsp3) is 0.455. The molecule has 0 saturated carbocycles. The fourth-order valence-corrected chi connectivity index (χ4v) is 3.46. The van der Waals surface area contributed by atoms with E-state index in [2.05, 4.69) is 53.3 Å². The lowest BCUT2D eigenvalue weighted by Gasteiger charge is -2.22. The molecule has 1 rings (SSSR count). The Labute approximate surface area is 101 Å². The SMILES string of the molecule is COCOC[Si](C)(C)c1ccc(Br)cc1. The first kappa shape index (κ1) is 12.9. The minimum absolute atomic E-state index is 0.382. The molecule has 1 aromatic carbocycles. The second-order valence-corrected chi connectivity index (χ2v) is 9.70. The molecule has 0 amide bonds. The van der Waals surface area contributed by atoms with Gasteiger partial charge in [-0.2, -0.15) is 0 Å². The maximum absolute atomic E-state index is 5.46. The Morgan fingerprint density at radius 1 is 1.20 bits per heavy atom. The quantitative estimate of drug-likeness (QED) is 0.471. The summed E-state index contributed by atoms with van der Waals surface area (Å²) in [4.78, 5) is 0. The van der Waals surface area contributed by atoms with Gasteiger partial charge in [-0.25, -0.2) is 0 Å². The Hall–Kier alpha value is -0.163. The van der Waals surface area contributed by atoms with Crippen LogP contribution >= 0.6 is 15.9 Å². The molecule has 4 heteroatoms. The third-order valence-corrected chi connectivity index (χ3v) is 5.64. The van der Waals surface area contributed by atoms with E-state index in [9.17, 15) is 0 Å². The van der Waals surface area contributed by atoms with E-state index in [4.69, 9.17) is 9.47 Å². The molecular weight excluding hydrogens is 272 g/mol. The number of benzene rings is 1. The van der Waals surface area contributed by atoms with Gasteiger partial charge in [0.2, 0.25) is 0 Å². The number of halogens is 1. The van der Waals surface area contributed by atoms with Gasteiger partial charge in [0.1, 0.15) is 14.9 Å². The first-order chi connectivity index (χ1) is 7.06. The zero-order valence-corrected chi connectivity index (χ0v) is 12.0. The molecule has 0 aliphatic heterocycles. The normalized spacial score (nSPS) is 11.7. The highest BCUT2D eigenvalue weighted by molar-refractivity contribution is 9.10. The van der Waals surface area contributed by atoms with Crippen molar-refractivity contribution in [3.05, 3.63) is 28.7 Å². The smallest absolute Gasteiger partial charge is 0.145 e. The average molecular weight is 289 g/mol. The third-order valence-electron chi connectivity index (χ3n) is 2.29. The van der Waals surface area contributed by atoms with Crippen molar-refractivity contribution in [3.8, 4) is 0 Å². The van der Waals surface area contributed by atoms with Crippen LogP contribution < -0.4 is 5.19 Å². The van der Waals surface area contributed by atoms with Crippen LogP contribution in [0.15, 0.2) is 28.7 Å². The Kier molecular flexibility index (Phi) is 4.98. The molecule has 0 fully saturated rings. The van der Waals surface area contributed by atoms with Crippen LogP contribution in [0, 0.1) is 0 Å². The maximum Gasteiger partial charge on any atom is 0.145 e. The molecule has 0 N–H and O–H groups in total. The van der Waals surface area contributed by atoms with Crippen molar-refractivity contribution in [1.29, 1.82) is 0 Å². The molecule has 0 radical (unpaired) electrons. The van der Waals surface area contributed by atoms with Crippen molar-refractivity contribution in [2.24, 2.45) is 0 Å². The van der Waals surface area contributed by atoms with Crippen LogP contribution in [0.4, 0.5) is 0 Å². The molecule has 0 saturated heterocycles. The molecule has 0 unspecified atom stereocenters. The number of ether oxygens (including phenoxy) is 2. The van der Waals surface area contributed by atoms with Crippen LogP contribution in [-0.2, 0) is 9.47 Å². The van der Waals surface area contributed by atoms with E-state index in [0.29, 0.717) is 6.79 Å². The van der Waals surface area contributed by atoms with Gasteiger partial charge >= 0.3 is 0 Å². The summed E-state index contributed by atoms with van der Waals surface area (Å²) in [6.45, 7) is 4.98. The predicted octanol–water partition coefficient (Wildman–Crippen LogP) is 2.52. The zero-order valence-electron chi connectivity index (χ0n) is 9.42. The average Bonchev–Trinajstić information content (AvgIpc) is 2.18. The monoisotopic (exact) mass is 288 g/mol. The van der Waals surface area contributed by atoms with Gasteiger partial charge in [-0.3, -0.25) is 0 Å². The molecule has 0 aliphatic carbocycles. The topological polar surface area (TPSA) is 18.5 Å². The van der Waals surface area contributed by atoms with Crippen molar-refractivity contribution in [1.82, 2.24) is 0 Å². The zero-order chi connectivity index (χ0) is 11.3. The maximum atomic E-state index is 5.46. The van der Waals surface area contributed by atoms with Crippen molar-refractivity contribution in [3.63, 3.8) is 0 Å². The molecule has 15 heavy (non-hydrogen) atoms. The molecule has 0 atom stereocenters. The van der Waals surface area contributed by atoms with E-state index < -0.39 is 8.07 Å². The lowest BCUT2D eigenvalue weighted by Crippen LogP contribution is -2.46. The molecule has 0 spiro atoms. The van der Waals surface area contributed by atoms with Gasteiger partial charge in [0.25, 0.3) is 0 Å². The first-order valence-electron chi connectivity index (χ1n) is 4.89. The summed E-state index contributed by atoms with van der Waals surface area (Å²) in [5, 5.41) is 1.40. The summed E-state index contributed by atoms with van der Waals surface area (Å²) in [6, 6.07) is 8.51. The standard InChI is InChI=1S/C11H17BrO2Si/c1-13-8-14-9-15(2,3)11-6-4-10(12)5-7-11/h4-7H,8-9H2,1-3H3. The number of hydrogen-bond acceptors (Lipinski definition) is 2. The fourth-order valence-electron chi connectivity index (χ4n) is 1.36. The second kappa shape index (κ2) is 5.79. The van der Waals surface area contributed by atoms with Crippen molar-refractivity contribution < 1.29 is 9.47 Å². The van der Waals surface area contributed by atoms with Crippen LogP contribution in [0.3, 0.4) is 0 Å². The molecule has 0 aromatic heterocycles. The van der Waals surface area contributed by atoms with Gasteiger partial charge in [-0.1, -0.05) is 46.3 Å². The first-order valence-corrected chi connectivity index (χ1v) is 8.89. The highest BCUT2D eigenvalue weighted by Crippen LogP contribution is 2.10.